The molecule has 5 rings (SSSR count). The number of hydrogen-bond donors (Lipinski definition) is 0. The lowest BCUT2D eigenvalue weighted by Crippen LogP contribution is -2.49. The maximum atomic E-state index is 13.0. The Kier molecular flexibility index (Phi) is 5.31. The average molecular weight is 475 g/mol. The van der Waals surface area contributed by atoms with Crippen LogP contribution in [0, 0.1) is 0 Å². The van der Waals surface area contributed by atoms with E-state index in [2.05, 4.69) is 9.97 Å². The molecule has 7 nitrogen and oxygen atoms in total. The van der Waals surface area contributed by atoms with Crippen LogP contribution in [-0.4, -0.2) is 49.9 Å². The third kappa shape index (κ3) is 3.83. The molecule has 0 spiro atoms. The first kappa shape index (κ1) is 21.5. The SMILES string of the molecule is CC(C)(C)OC(=O)N1C[C@@H]2CC[C@@H](O2)[C@@H]1c1ccc(-n2c(Cl)cc3c(Cl)ncnc32)cc1. The molecule has 2 aliphatic heterocycles. The molecule has 3 aromatic rings. The van der Waals surface area contributed by atoms with Crippen LogP contribution in [0.2, 0.25) is 10.3 Å². The number of carbonyl (C=O) groups excluding carboxylic acids is 1. The first-order valence-electron chi connectivity index (χ1n) is 10.6. The van der Waals surface area contributed by atoms with E-state index in [1.807, 2.05) is 54.5 Å². The zero-order valence-corrected chi connectivity index (χ0v) is 19.6. The highest BCUT2D eigenvalue weighted by molar-refractivity contribution is 6.36. The number of morpholine rings is 1. The van der Waals surface area contributed by atoms with Crippen molar-refractivity contribution in [3.63, 3.8) is 0 Å². The summed E-state index contributed by atoms with van der Waals surface area (Å²) in [6, 6.07) is 9.49. The first-order valence-corrected chi connectivity index (χ1v) is 11.4. The largest absolute Gasteiger partial charge is 0.444 e. The molecule has 2 saturated heterocycles. The number of halogens is 2. The van der Waals surface area contributed by atoms with Crippen molar-refractivity contribution >= 4 is 40.3 Å². The molecule has 2 bridgehead atoms. The number of aromatic nitrogens is 3. The lowest BCUT2D eigenvalue weighted by Gasteiger charge is -2.41. The van der Waals surface area contributed by atoms with Crippen LogP contribution in [0.1, 0.15) is 45.2 Å². The number of carbonyl (C=O) groups is 1. The smallest absolute Gasteiger partial charge is 0.410 e. The van der Waals surface area contributed by atoms with E-state index in [1.165, 1.54) is 6.33 Å². The lowest BCUT2D eigenvalue weighted by atomic mass is 9.98. The van der Waals surface area contributed by atoms with E-state index in [4.69, 9.17) is 32.7 Å². The van der Waals surface area contributed by atoms with Gasteiger partial charge >= 0.3 is 6.09 Å². The third-order valence-electron chi connectivity index (χ3n) is 5.85. The molecule has 32 heavy (non-hydrogen) atoms. The molecule has 168 valence electrons. The first-order chi connectivity index (χ1) is 15.2. The molecule has 0 aliphatic carbocycles. The number of hydrogen-bond acceptors (Lipinski definition) is 5. The van der Waals surface area contributed by atoms with E-state index < -0.39 is 5.60 Å². The summed E-state index contributed by atoms with van der Waals surface area (Å²) in [6.45, 7) is 6.17. The fourth-order valence-corrected chi connectivity index (χ4v) is 5.03. The quantitative estimate of drug-likeness (QED) is 0.454. The molecule has 2 aromatic heterocycles. The highest BCUT2D eigenvalue weighted by atomic mass is 35.5. The molecule has 0 saturated carbocycles. The summed E-state index contributed by atoms with van der Waals surface area (Å²) in [5.74, 6) is 0. The van der Waals surface area contributed by atoms with Crippen LogP contribution in [0.25, 0.3) is 16.7 Å². The van der Waals surface area contributed by atoms with Crippen LogP contribution < -0.4 is 0 Å². The van der Waals surface area contributed by atoms with Gasteiger partial charge < -0.3 is 9.47 Å². The van der Waals surface area contributed by atoms with Crippen LogP contribution >= 0.6 is 23.2 Å². The van der Waals surface area contributed by atoms with Crippen molar-refractivity contribution in [2.24, 2.45) is 0 Å². The fraction of sp³-hybridized carbons (Fsp3) is 0.435. The number of likely N-dealkylation sites (tertiary alicyclic amines) is 1. The molecule has 2 fully saturated rings. The Balaban J connectivity index is 1.49. The van der Waals surface area contributed by atoms with Crippen LogP contribution in [0.15, 0.2) is 36.7 Å². The number of nitrogens with zero attached hydrogens (tertiary/aromatic N) is 4. The number of rotatable bonds is 2. The summed E-state index contributed by atoms with van der Waals surface area (Å²) < 4.78 is 13.7. The highest BCUT2D eigenvalue weighted by Gasteiger charge is 2.45. The Bertz CT molecular complexity index is 1170. The topological polar surface area (TPSA) is 69.5 Å². The summed E-state index contributed by atoms with van der Waals surface area (Å²) in [5, 5.41) is 1.54. The third-order valence-corrected chi connectivity index (χ3v) is 6.43. The second-order valence-electron chi connectivity index (χ2n) is 9.25. The zero-order valence-electron chi connectivity index (χ0n) is 18.1. The predicted molar refractivity (Wildman–Crippen MR) is 122 cm³/mol. The van der Waals surface area contributed by atoms with E-state index in [0.717, 1.165) is 24.1 Å². The predicted octanol–water partition coefficient (Wildman–Crippen LogP) is 5.57. The van der Waals surface area contributed by atoms with E-state index in [9.17, 15) is 4.79 Å². The summed E-state index contributed by atoms with van der Waals surface area (Å²) in [4.78, 5) is 23.2. The minimum atomic E-state index is -0.557. The minimum absolute atomic E-state index is 0.0466. The molecular weight excluding hydrogens is 451 g/mol. The Hall–Kier alpha value is -2.35. The van der Waals surface area contributed by atoms with Gasteiger partial charge in [-0.05, 0) is 57.4 Å². The van der Waals surface area contributed by atoms with E-state index in [1.54, 1.807) is 6.07 Å². The van der Waals surface area contributed by atoms with Crippen LogP contribution in [0.3, 0.4) is 0 Å². The van der Waals surface area contributed by atoms with E-state index >= 15 is 0 Å². The molecule has 1 amide bonds. The van der Waals surface area contributed by atoms with Gasteiger partial charge in [-0.1, -0.05) is 35.3 Å². The maximum Gasteiger partial charge on any atom is 0.410 e. The monoisotopic (exact) mass is 474 g/mol. The van der Waals surface area contributed by atoms with Crippen molar-refractivity contribution in [1.82, 2.24) is 19.4 Å². The highest BCUT2D eigenvalue weighted by Crippen LogP contribution is 2.41. The number of fused-ring (bicyclic) bond motifs is 3. The van der Waals surface area contributed by atoms with Gasteiger partial charge in [-0.15, -0.1) is 0 Å². The lowest BCUT2D eigenvalue weighted by molar-refractivity contribution is -0.0823. The number of ether oxygens (including phenoxy) is 2. The van der Waals surface area contributed by atoms with Gasteiger partial charge in [0.1, 0.15) is 22.2 Å². The zero-order chi connectivity index (χ0) is 22.6. The normalized spacial score (nSPS) is 23.0. The second-order valence-corrected chi connectivity index (χ2v) is 9.99. The summed E-state index contributed by atoms with van der Waals surface area (Å²) in [7, 11) is 0. The van der Waals surface area contributed by atoms with Gasteiger partial charge in [-0.3, -0.25) is 9.47 Å². The van der Waals surface area contributed by atoms with Gasteiger partial charge in [0.15, 0.2) is 5.65 Å². The summed E-state index contributed by atoms with van der Waals surface area (Å²) in [6.07, 6.45) is 2.99. The standard InChI is InChI=1S/C23H24Cl2N4O3/c1-23(2,3)32-22(30)28-11-15-8-9-17(31-15)19(28)13-4-6-14(7-5-13)29-18(24)10-16-20(25)26-12-27-21(16)29/h4-7,10,12,15,17,19H,8-9,11H2,1-3H3/t15-,17+,19-/m0/s1. The van der Waals surface area contributed by atoms with Crippen molar-refractivity contribution in [3.8, 4) is 5.69 Å². The van der Waals surface area contributed by atoms with Crippen molar-refractivity contribution in [2.45, 2.75) is 57.5 Å². The van der Waals surface area contributed by atoms with E-state index in [-0.39, 0.29) is 24.3 Å². The molecule has 0 unspecified atom stereocenters. The van der Waals surface area contributed by atoms with Gasteiger partial charge in [-0.2, -0.15) is 0 Å². The summed E-state index contributed by atoms with van der Waals surface area (Å²) in [5.41, 5.74) is 1.91. The fourth-order valence-electron chi connectivity index (χ4n) is 4.56. The van der Waals surface area contributed by atoms with E-state index in [0.29, 0.717) is 27.9 Å². The number of amides is 1. The molecule has 1 aromatic carbocycles. The van der Waals surface area contributed by atoms with Gasteiger partial charge in [0.2, 0.25) is 0 Å². The molecule has 4 heterocycles. The van der Waals surface area contributed by atoms with Gasteiger partial charge in [0.05, 0.1) is 30.2 Å². The molecule has 9 heteroatoms. The van der Waals surface area contributed by atoms with Gasteiger partial charge in [0, 0.05) is 5.69 Å². The molecular formula is C23H24Cl2N4O3. The molecule has 3 atom stereocenters. The minimum Gasteiger partial charge on any atom is -0.444 e. The molecule has 0 N–H and O–H groups in total. The second kappa shape index (κ2) is 7.90. The van der Waals surface area contributed by atoms with Crippen molar-refractivity contribution in [2.75, 3.05) is 6.54 Å². The molecule has 2 aliphatic rings. The summed E-state index contributed by atoms with van der Waals surface area (Å²) >= 11 is 12.7. The maximum absolute atomic E-state index is 13.0. The van der Waals surface area contributed by atoms with Crippen molar-refractivity contribution < 1.29 is 14.3 Å². The Morgan fingerprint density at radius 2 is 1.91 bits per heavy atom. The Morgan fingerprint density at radius 1 is 1.16 bits per heavy atom. The average Bonchev–Trinajstić information content (AvgIpc) is 3.27. The van der Waals surface area contributed by atoms with Crippen molar-refractivity contribution in [1.29, 1.82) is 0 Å². The molecule has 0 radical (unpaired) electrons. The van der Waals surface area contributed by atoms with Crippen molar-refractivity contribution in [3.05, 3.63) is 52.5 Å². The van der Waals surface area contributed by atoms with Gasteiger partial charge in [0.25, 0.3) is 0 Å². The van der Waals surface area contributed by atoms with Crippen LogP contribution in [-0.2, 0) is 9.47 Å². The number of benzene rings is 1. The van der Waals surface area contributed by atoms with Crippen LogP contribution in [0.5, 0.6) is 0 Å². The Labute approximate surface area is 196 Å². The van der Waals surface area contributed by atoms with Gasteiger partial charge in [-0.25, -0.2) is 14.8 Å². The Morgan fingerprint density at radius 3 is 2.62 bits per heavy atom. The van der Waals surface area contributed by atoms with Crippen LogP contribution in [0.4, 0.5) is 4.79 Å².